The van der Waals surface area contributed by atoms with Gasteiger partial charge in [0.05, 0.1) is 4.92 Å². The Morgan fingerprint density at radius 3 is 2.88 bits per heavy atom. The summed E-state index contributed by atoms with van der Waals surface area (Å²) in [7, 11) is 0. The minimum absolute atomic E-state index is 0.0268. The number of piperidine rings is 1. The van der Waals surface area contributed by atoms with Gasteiger partial charge < -0.3 is 9.64 Å². The molecule has 7 nitrogen and oxygen atoms in total. The zero-order valence-electron chi connectivity index (χ0n) is 14.5. The average molecular weight is 376 g/mol. The lowest BCUT2D eigenvalue weighted by atomic mass is 10.00. The molecule has 1 fully saturated rings. The summed E-state index contributed by atoms with van der Waals surface area (Å²) >= 11 is 1.20. The van der Waals surface area contributed by atoms with E-state index in [1.807, 2.05) is 4.90 Å². The lowest BCUT2D eigenvalue weighted by molar-refractivity contribution is -0.384. The molecule has 0 N–H and O–H groups in total. The van der Waals surface area contributed by atoms with E-state index in [1.165, 1.54) is 23.5 Å². The summed E-state index contributed by atoms with van der Waals surface area (Å²) in [5, 5.41) is 11.5. The van der Waals surface area contributed by atoms with Crippen LogP contribution in [-0.4, -0.2) is 40.9 Å². The molecule has 26 heavy (non-hydrogen) atoms. The molecule has 0 aliphatic carbocycles. The fourth-order valence-corrected chi connectivity index (χ4v) is 4.22. The predicted octanol–water partition coefficient (Wildman–Crippen LogP) is 3.76. The van der Waals surface area contributed by atoms with Gasteiger partial charge in [-0.15, -0.1) is 11.3 Å². The number of thiophene rings is 1. The first kappa shape index (κ1) is 18.3. The van der Waals surface area contributed by atoms with Crippen molar-refractivity contribution < 1.29 is 19.2 Å². The van der Waals surface area contributed by atoms with Gasteiger partial charge in [0.25, 0.3) is 11.6 Å². The smallest absolute Gasteiger partial charge is 0.348 e. The number of esters is 1. The van der Waals surface area contributed by atoms with E-state index < -0.39 is 10.9 Å². The number of benzene rings is 1. The lowest BCUT2D eigenvalue weighted by Crippen LogP contribution is -2.45. The number of fused-ring (bicyclic) bond motifs is 1. The molecule has 1 aromatic carbocycles. The van der Waals surface area contributed by atoms with Gasteiger partial charge in [-0.2, -0.15) is 0 Å². The maximum absolute atomic E-state index is 12.4. The van der Waals surface area contributed by atoms with Crippen LogP contribution in [0.2, 0.25) is 0 Å². The van der Waals surface area contributed by atoms with Crippen LogP contribution in [0.3, 0.4) is 0 Å². The Balaban J connectivity index is 1.65. The number of nitro groups is 1. The number of likely N-dealkylation sites (tertiary alicyclic amines) is 1. The summed E-state index contributed by atoms with van der Waals surface area (Å²) in [6.45, 7) is 2.49. The number of carbonyl (C=O) groups is 2. The van der Waals surface area contributed by atoms with Crippen molar-refractivity contribution in [3.63, 3.8) is 0 Å². The van der Waals surface area contributed by atoms with Gasteiger partial charge in [-0.05, 0) is 37.8 Å². The van der Waals surface area contributed by atoms with Crippen molar-refractivity contribution in [2.24, 2.45) is 0 Å². The summed E-state index contributed by atoms with van der Waals surface area (Å²) in [6.07, 6.45) is 3.99. The first-order valence-electron chi connectivity index (χ1n) is 8.64. The second-order valence-corrected chi connectivity index (χ2v) is 7.39. The number of carbonyl (C=O) groups excluding carboxylic acids is 2. The Morgan fingerprint density at radius 2 is 2.15 bits per heavy atom. The van der Waals surface area contributed by atoms with Gasteiger partial charge in [0.15, 0.2) is 6.61 Å². The van der Waals surface area contributed by atoms with Gasteiger partial charge in [-0.25, -0.2) is 4.79 Å². The second kappa shape index (κ2) is 7.82. The molecule has 0 saturated carbocycles. The molecule has 1 saturated heterocycles. The highest BCUT2D eigenvalue weighted by atomic mass is 32.1. The third-order valence-electron chi connectivity index (χ3n) is 4.66. The number of nitro benzene ring substituents is 1. The molecule has 1 amide bonds. The number of rotatable bonds is 5. The molecule has 0 spiro atoms. The second-order valence-electron chi connectivity index (χ2n) is 6.31. The zero-order chi connectivity index (χ0) is 18.7. The van der Waals surface area contributed by atoms with Gasteiger partial charge in [0.1, 0.15) is 4.88 Å². The van der Waals surface area contributed by atoms with Gasteiger partial charge in [-0.3, -0.25) is 14.9 Å². The minimum Gasteiger partial charge on any atom is -0.451 e. The van der Waals surface area contributed by atoms with Crippen LogP contribution in [0.4, 0.5) is 5.69 Å². The molecule has 1 aromatic heterocycles. The molecule has 138 valence electrons. The number of hydrogen-bond donors (Lipinski definition) is 0. The summed E-state index contributed by atoms with van der Waals surface area (Å²) in [4.78, 5) is 37.1. The average Bonchev–Trinajstić information content (AvgIpc) is 3.09. The van der Waals surface area contributed by atoms with E-state index in [4.69, 9.17) is 4.74 Å². The standard InChI is InChI=1S/C18H20N2O5S/c1-2-13-5-3-4-8-19(13)17(21)11-25-18(22)16-10-12-9-14(20(23)24)6-7-15(12)26-16/h6-7,9-10,13H,2-5,8,11H2,1H3/t13-/m1/s1. The summed E-state index contributed by atoms with van der Waals surface area (Å²) in [5.41, 5.74) is -0.0268. The molecule has 2 heterocycles. The number of ether oxygens (including phenoxy) is 1. The molecule has 0 unspecified atom stereocenters. The van der Waals surface area contributed by atoms with Crippen LogP contribution in [0.25, 0.3) is 10.1 Å². The fraction of sp³-hybridized carbons (Fsp3) is 0.444. The van der Waals surface area contributed by atoms with Gasteiger partial charge in [-0.1, -0.05) is 6.92 Å². The topological polar surface area (TPSA) is 89.8 Å². The van der Waals surface area contributed by atoms with Crippen LogP contribution < -0.4 is 0 Å². The molecular weight excluding hydrogens is 356 g/mol. The van der Waals surface area contributed by atoms with Crippen LogP contribution in [0.1, 0.15) is 42.3 Å². The van der Waals surface area contributed by atoms with Crippen molar-refractivity contribution in [1.82, 2.24) is 4.90 Å². The Bertz CT molecular complexity index is 847. The molecule has 0 bridgehead atoms. The molecule has 1 aliphatic rings. The van der Waals surface area contributed by atoms with Crippen molar-refractivity contribution in [2.75, 3.05) is 13.2 Å². The number of amides is 1. The van der Waals surface area contributed by atoms with E-state index in [9.17, 15) is 19.7 Å². The SMILES string of the molecule is CC[C@@H]1CCCCN1C(=O)COC(=O)c1cc2cc([N+](=O)[O-])ccc2s1. The highest BCUT2D eigenvalue weighted by molar-refractivity contribution is 7.20. The monoisotopic (exact) mass is 376 g/mol. The summed E-state index contributed by atoms with van der Waals surface area (Å²) in [5.74, 6) is -0.742. The summed E-state index contributed by atoms with van der Waals surface area (Å²) in [6, 6.07) is 6.22. The van der Waals surface area contributed by atoms with E-state index in [0.717, 1.165) is 30.4 Å². The normalized spacial score (nSPS) is 17.3. The first-order valence-corrected chi connectivity index (χ1v) is 9.46. The van der Waals surface area contributed by atoms with E-state index >= 15 is 0 Å². The van der Waals surface area contributed by atoms with E-state index in [2.05, 4.69) is 6.92 Å². The Kier molecular flexibility index (Phi) is 5.51. The highest BCUT2D eigenvalue weighted by Gasteiger charge is 2.26. The van der Waals surface area contributed by atoms with E-state index in [0.29, 0.717) is 16.8 Å². The van der Waals surface area contributed by atoms with E-state index in [1.54, 1.807) is 12.1 Å². The van der Waals surface area contributed by atoms with Crippen molar-refractivity contribution >= 4 is 39.0 Å². The Morgan fingerprint density at radius 1 is 1.35 bits per heavy atom. The number of nitrogens with zero attached hydrogens (tertiary/aromatic N) is 2. The van der Waals surface area contributed by atoms with Gasteiger partial charge >= 0.3 is 5.97 Å². The Labute approximate surface area is 154 Å². The molecular formula is C18H20N2O5S. The number of hydrogen-bond acceptors (Lipinski definition) is 6. The molecule has 1 aliphatic heterocycles. The molecule has 3 rings (SSSR count). The molecule has 2 aromatic rings. The minimum atomic E-state index is -0.577. The van der Waals surface area contributed by atoms with Crippen LogP contribution >= 0.6 is 11.3 Å². The third-order valence-corrected chi connectivity index (χ3v) is 5.75. The maximum Gasteiger partial charge on any atom is 0.348 e. The van der Waals surface area contributed by atoms with Crippen LogP contribution in [0, 0.1) is 10.1 Å². The highest BCUT2D eigenvalue weighted by Crippen LogP contribution is 2.29. The van der Waals surface area contributed by atoms with Crippen LogP contribution in [0.5, 0.6) is 0 Å². The maximum atomic E-state index is 12.4. The molecule has 8 heteroatoms. The molecule has 1 atom stereocenters. The summed E-state index contributed by atoms with van der Waals surface area (Å²) < 4.78 is 5.95. The fourth-order valence-electron chi connectivity index (χ4n) is 3.28. The first-order chi connectivity index (χ1) is 12.5. The van der Waals surface area contributed by atoms with Crippen molar-refractivity contribution in [3.8, 4) is 0 Å². The van der Waals surface area contributed by atoms with Crippen molar-refractivity contribution in [2.45, 2.75) is 38.6 Å². The van der Waals surface area contributed by atoms with Gasteiger partial charge in [0.2, 0.25) is 0 Å². The predicted molar refractivity (Wildman–Crippen MR) is 98.4 cm³/mol. The lowest BCUT2D eigenvalue weighted by Gasteiger charge is -2.35. The van der Waals surface area contributed by atoms with Crippen molar-refractivity contribution in [3.05, 3.63) is 39.3 Å². The van der Waals surface area contributed by atoms with Crippen molar-refractivity contribution in [1.29, 1.82) is 0 Å². The quantitative estimate of drug-likeness (QED) is 0.450. The number of non-ortho nitro benzene ring substituents is 1. The Hall–Kier alpha value is -2.48. The molecule has 0 radical (unpaired) electrons. The van der Waals surface area contributed by atoms with Gasteiger partial charge in [0, 0.05) is 34.8 Å². The van der Waals surface area contributed by atoms with Crippen LogP contribution in [0.15, 0.2) is 24.3 Å². The third kappa shape index (κ3) is 3.85. The largest absolute Gasteiger partial charge is 0.451 e. The zero-order valence-corrected chi connectivity index (χ0v) is 15.3. The van der Waals surface area contributed by atoms with Crippen LogP contribution in [-0.2, 0) is 9.53 Å². The van der Waals surface area contributed by atoms with E-state index in [-0.39, 0.29) is 24.2 Å².